The van der Waals surface area contributed by atoms with Gasteiger partial charge in [0.15, 0.2) is 0 Å². The Labute approximate surface area is 134 Å². The number of nitrogens with one attached hydrogen (secondary N) is 1. The van der Waals surface area contributed by atoms with E-state index in [2.05, 4.69) is 17.4 Å². The van der Waals surface area contributed by atoms with Crippen molar-refractivity contribution in [1.29, 1.82) is 0 Å². The molecule has 0 saturated carbocycles. The minimum atomic E-state index is -1.26. The molecule has 0 aliphatic carbocycles. The molecule has 7 heteroatoms. The highest BCUT2D eigenvalue weighted by atomic mass is 16.5. The molecular formula is C16H21NO6. The number of hydrogen-bond donors (Lipinski definition) is 3. The molecule has 1 fully saturated rings. The number of carboxylic acid groups (broad SMARTS) is 2. The summed E-state index contributed by atoms with van der Waals surface area (Å²) >= 11 is 0. The van der Waals surface area contributed by atoms with E-state index in [9.17, 15) is 9.59 Å². The summed E-state index contributed by atoms with van der Waals surface area (Å²) in [6.45, 7) is 3.98. The lowest BCUT2D eigenvalue weighted by Crippen LogP contribution is -2.40. The van der Waals surface area contributed by atoms with E-state index in [1.54, 1.807) is 0 Å². The maximum Gasteiger partial charge on any atom is 0.328 e. The Kier molecular flexibility index (Phi) is 9.30. The first-order valence-electron chi connectivity index (χ1n) is 7.16. The van der Waals surface area contributed by atoms with Crippen LogP contribution in [0.2, 0.25) is 0 Å². The third-order valence-corrected chi connectivity index (χ3v) is 2.79. The monoisotopic (exact) mass is 323 g/mol. The molecule has 1 aromatic carbocycles. The molecule has 1 aliphatic heterocycles. The number of hydrogen-bond acceptors (Lipinski definition) is 5. The van der Waals surface area contributed by atoms with E-state index in [4.69, 9.17) is 19.7 Å². The summed E-state index contributed by atoms with van der Waals surface area (Å²) in [7, 11) is 0. The number of aliphatic carboxylic acids is 2. The number of carboxylic acids is 2. The van der Waals surface area contributed by atoms with Crippen molar-refractivity contribution in [2.75, 3.05) is 26.3 Å². The van der Waals surface area contributed by atoms with Gasteiger partial charge in [-0.2, -0.15) is 0 Å². The fourth-order valence-corrected chi connectivity index (χ4v) is 1.75. The molecule has 7 nitrogen and oxygen atoms in total. The van der Waals surface area contributed by atoms with E-state index in [-0.39, 0.29) is 6.10 Å². The first-order chi connectivity index (χ1) is 11.1. The summed E-state index contributed by atoms with van der Waals surface area (Å²) in [5.74, 6) is -2.51. The second-order valence-electron chi connectivity index (χ2n) is 4.71. The third kappa shape index (κ3) is 10.2. The lowest BCUT2D eigenvalue weighted by molar-refractivity contribution is -0.134. The summed E-state index contributed by atoms with van der Waals surface area (Å²) < 4.78 is 11.1. The molecule has 1 aliphatic rings. The van der Waals surface area contributed by atoms with E-state index in [0.29, 0.717) is 25.4 Å². The van der Waals surface area contributed by atoms with Crippen LogP contribution in [0.25, 0.3) is 0 Å². The number of morpholine rings is 1. The van der Waals surface area contributed by atoms with Crippen LogP contribution in [0.3, 0.4) is 0 Å². The number of ether oxygens (including phenoxy) is 2. The van der Waals surface area contributed by atoms with Crippen LogP contribution in [0.4, 0.5) is 0 Å². The Morgan fingerprint density at radius 2 is 1.87 bits per heavy atom. The SMILES string of the molecule is O=C(O)/C=C/C(=O)O.c1ccc(COC[C@H]2CNCCO2)cc1. The smallest absolute Gasteiger partial charge is 0.328 e. The fraction of sp³-hybridized carbons (Fsp3) is 0.375. The molecule has 1 saturated heterocycles. The summed E-state index contributed by atoms with van der Waals surface area (Å²) in [6.07, 6.45) is 1.33. The highest BCUT2D eigenvalue weighted by Crippen LogP contribution is 2.03. The van der Waals surface area contributed by atoms with Gasteiger partial charge in [-0.15, -0.1) is 0 Å². The van der Waals surface area contributed by atoms with Gasteiger partial charge in [-0.05, 0) is 5.56 Å². The molecule has 1 atom stereocenters. The predicted molar refractivity (Wildman–Crippen MR) is 83.1 cm³/mol. The van der Waals surface area contributed by atoms with Crippen molar-refractivity contribution in [3.05, 3.63) is 48.0 Å². The van der Waals surface area contributed by atoms with E-state index in [1.165, 1.54) is 5.56 Å². The maximum atomic E-state index is 9.55. The molecule has 0 unspecified atom stereocenters. The molecule has 0 spiro atoms. The first kappa shape index (κ1) is 18.8. The molecule has 3 N–H and O–H groups in total. The zero-order valence-corrected chi connectivity index (χ0v) is 12.7. The molecule has 2 rings (SSSR count). The van der Waals surface area contributed by atoms with Crippen molar-refractivity contribution in [1.82, 2.24) is 5.32 Å². The standard InChI is InChI=1S/C12H17NO2.C4H4O4/c1-2-4-11(5-3-1)9-14-10-12-8-13-6-7-15-12;5-3(6)1-2-4(7)8/h1-5,12-13H,6-10H2;1-2H,(H,5,6)(H,7,8)/b;2-1+/t12-;/m1./s1. The van der Waals surface area contributed by atoms with Gasteiger partial charge in [0, 0.05) is 25.2 Å². The van der Waals surface area contributed by atoms with Crippen LogP contribution < -0.4 is 5.32 Å². The molecular weight excluding hydrogens is 302 g/mol. The predicted octanol–water partition coefficient (Wildman–Crippen LogP) is 0.903. The van der Waals surface area contributed by atoms with Gasteiger partial charge in [0.25, 0.3) is 0 Å². The van der Waals surface area contributed by atoms with Crippen molar-refractivity contribution >= 4 is 11.9 Å². The largest absolute Gasteiger partial charge is 0.478 e. The summed E-state index contributed by atoms with van der Waals surface area (Å²) in [5.41, 5.74) is 1.21. The topological polar surface area (TPSA) is 105 Å². The van der Waals surface area contributed by atoms with Crippen molar-refractivity contribution in [2.24, 2.45) is 0 Å². The summed E-state index contributed by atoms with van der Waals surface area (Å²) in [6, 6.07) is 10.2. The normalized spacial score (nSPS) is 17.3. The number of benzene rings is 1. The van der Waals surface area contributed by atoms with Gasteiger partial charge in [-0.25, -0.2) is 9.59 Å². The zero-order valence-electron chi connectivity index (χ0n) is 12.7. The van der Waals surface area contributed by atoms with Gasteiger partial charge >= 0.3 is 11.9 Å². The molecule has 0 bridgehead atoms. The Hall–Kier alpha value is -2.22. The van der Waals surface area contributed by atoms with Gasteiger partial charge in [-0.3, -0.25) is 0 Å². The third-order valence-electron chi connectivity index (χ3n) is 2.79. The van der Waals surface area contributed by atoms with Crippen LogP contribution >= 0.6 is 0 Å². The second kappa shape index (κ2) is 11.4. The minimum Gasteiger partial charge on any atom is -0.478 e. The van der Waals surface area contributed by atoms with Crippen molar-refractivity contribution in [2.45, 2.75) is 12.7 Å². The van der Waals surface area contributed by atoms with Gasteiger partial charge in [0.05, 0.1) is 25.9 Å². The van der Waals surface area contributed by atoms with Gasteiger partial charge in [0.1, 0.15) is 0 Å². The first-order valence-corrected chi connectivity index (χ1v) is 7.16. The van der Waals surface area contributed by atoms with Crippen LogP contribution in [0.5, 0.6) is 0 Å². The molecule has 126 valence electrons. The lowest BCUT2D eigenvalue weighted by Gasteiger charge is -2.23. The highest BCUT2D eigenvalue weighted by molar-refractivity contribution is 5.89. The lowest BCUT2D eigenvalue weighted by atomic mass is 10.2. The van der Waals surface area contributed by atoms with Crippen molar-refractivity contribution < 1.29 is 29.3 Å². The second-order valence-corrected chi connectivity index (χ2v) is 4.71. The minimum absolute atomic E-state index is 0.211. The zero-order chi connectivity index (χ0) is 16.9. The van der Waals surface area contributed by atoms with Crippen LogP contribution in [0.1, 0.15) is 5.56 Å². The number of carbonyl (C=O) groups is 2. The van der Waals surface area contributed by atoms with Crippen LogP contribution in [-0.2, 0) is 25.7 Å². The quantitative estimate of drug-likeness (QED) is 0.668. The van der Waals surface area contributed by atoms with Crippen molar-refractivity contribution in [3.8, 4) is 0 Å². The van der Waals surface area contributed by atoms with Crippen LogP contribution in [0.15, 0.2) is 42.5 Å². The van der Waals surface area contributed by atoms with E-state index < -0.39 is 11.9 Å². The summed E-state index contributed by atoms with van der Waals surface area (Å²) in [4.78, 5) is 19.1. The van der Waals surface area contributed by atoms with E-state index in [1.807, 2.05) is 18.2 Å². The van der Waals surface area contributed by atoms with Gasteiger partial charge in [-0.1, -0.05) is 30.3 Å². The Morgan fingerprint density at radius 3 is 2.39 bits per heavy atom. The number of rotatable bonds is 6. The average molecular weight is 323 g/mol. The van der Waals surface area contributed by atoms with E-state index >= 15 is 0 Å². The molecule has 0 amide bonds. The molecule has 1 heterocycles. The Morgan fingerprint density at radius 1 is 1.22 bits per heavy atom. The van der Waals surface area contributed by atoms with Crippen molar-refractivity contribution in [3.63, 3.8) is 0 Å². The average Bonchev–Trinajstić information content (AvgIpc) is 2.56. The van der Waals surface area contributed by atoms with Crippen LogP contribution in [0, 0.1) is 0 Å². The molecule has 0 radical (unpaired) electrons. The summed E-state index contributed by atoms with van der Waals surface area (Å²) in [5, 5.41) is 18.9. The van der Waals surface area contributed by atoms with E-state index in [0.717, 1.165) is 19.7 Å². The Bertz CT molecular complexity index is 481. The van der Waals surface area contributed by atoms with Gasteiger partial charge in [0.2, 0.25) is 0 Å². The molecule has 0 aromatic heterocycles. The van der Waals surface area contributed by atoms with Gasteiger partial charge < -0.3 is 25.0 Å². The highest BCUT2D eigenvalue weighted by Gasteiger charge is 2.12. The molecule has 1 aromatic rings. The van der Waals surface area contributed by atoms with Crippen LogP contribution in [-0.4, -0.2) is 54.6 Å². The molecule has 23 heavy (non-hydrogen) atoms. The fourth-order valence-electron chi connectivity index (χ4n) is 1.75. The Balaban J connectivity index is 0.000000284. The maximum absolute atomic E-state index is 9.55.